The van der Waals surface area contributed by atoms with Gasteiger partial charge in [-0.15, -0.1) is 0 Å². The fourth-order valence-electron chi connectivity index (χ4n) is 2.10. The van der Waals surface area contributed by atoms with Gasteiger partial charge < -0.3 is 10.1 Å². The zero-order chi connectivity index (χ0) is 14.6. The van der Waals surface area contributed by atoms with Gasteiger partial charge in [0, 0.05) is 19.0 Å². The monoisotopic (exact) mass is 278 g/mol. The van der Waals surface area contributed by atoms with Gasteiger partial charge in [0.15, 0.2) is 0 Å². The van der Waals surface area contributed by atoms with Crippen molar-refractivity contribution in [2.24, 2.45) is 5.92 Å². The van der Waals surface area contributed by atoms with Gasteiger partial charge in [-0.25, -0.2) is 0 Å². The predicted octanol–water partition coefficient (Wildman–Crippen LogP) is 3.45. The molecule has 0 aromatic carbocycles. The van der Waals surface area contributed by atoms with Crippen LogP contribution in [0.1, 0.15) is 45.6 Å². The third kappa shape index (κ3) is 9.05. The van der Waals surface area contributed by atoms with Crippen molar-refractivity contribution in [1.29, 1.82) is 0 Å². The smallest absolute Gasteiger partial charge is 0.0547 e. The summed E-state index contributed by atoms with van der Waals surface area (Å²) in [6.07, 6.45) is 8.56. The number of aryl methyl sites for hydroxylation is 1. The number of hydrogen-bond donors (Lipinski definition) is 1. The molecule has 0 spiro atoms. The minimum atomic E-state index is 0.369. The first-order valence-corrected chi connectivity index (χ1v) is 7.89. The van der Waals surface area contributed by atoms with Gasteiger partial charge in [-0.05, 0) is 69.3 Å². The number of aromatic nitrogens is 1. The van der Waals surface area contributed by atoms with Crippen LogP contribution >= 0.6 is 0 Å². The first-order chi connectivity index (χ1) is 9.68. The molecule has 0 aliphatic rings. The second-order valence-electron chi connectivity index (χ2n) is 5.88. The zero-order valence-electron chi connectivity index (χ0n) is 13.3. The number of hydrogen-bond acceptors (Lipinski definition) is 3. The van der Waals surface area contributed by atoms with Crippen LogP contribution in [0.5, 0.6) is 0 Å². The van der Waals surface area contributed by atoms with Crippen molar-refractivity contribution >= 4 is 0 Å². The summed E-state index contributed by atoms with van der Waals surface area (Å²) in [6.45, 7) is 9.71. The van der Waals surface area contributed by atoms with E-state index >= 15 is 0 Å². The molecule has 1 atom stereocenters. The molecule has 0 fully saturated rings. The molecule has 1 unspecified atom stereocenters. The zero-order valence-corrected chi connectivity index (χ0v) is 13.3. The lowest BCUT2D eigenvalue weighted by molar-refractivity contribution is 0.0575. The van der Waals surface area contributed by atoms with Crippen LogP contribution in [0.4, 0.5) is 0 Å². The molecule has 3 nitrogen and oxygen atoms in total. The van der Waals surface area contributed by atoms with Crippen molar-refractivity contribution in [3.63, 3.8) is 0 Å². The summed E-state index contributed by atoms with van der Waals surface area (Å²) in [5, 5.41) is 3.47. The molecule has 1 aromatic heterocycles. The van der Waals surface area contributed by atoms with Gasteiger partial charge in [-0.1, -0.05) is 13.8 Å². The van der Waals surface area contributed by atoms with Gasteiger partial charge in [-0.2, -0.15) is 0 Å². The van der Waals surface area contributed by atoms with Crippen LogP contribution < -0.4 is 5.32 Å². The Morgan fingerprint density at radius 2 is 1.90 bits per heavy atom. The van der Waals surface area contributed by atoms with Gasteiger partial charge in [-0.3, -0.25) is 4.98 Å². The number of ether oxygens (including phenoxy) is 1. The van der Waals surface area contributed by atoms with E-state index in [4.69, 9.17) is 4.74 Å². The maximum atomic E-state index is 5.85. The minimum absolute atomic E-state index is 0.369. The van der Waals surface area contributed by atoms with Crippen molar-refractivity contribution < 1.29 is 4.74 Å². The van der Waals surface area contributed by atoms with E-state index in [0.29, 0.717) is 6.10 Å². The minimum Gasteiger partial charge on any atom is -0.378 e. The molecule has 0 radical (unpaired) electrons. The second kappa shape index (κ2) is 10.8. The maximum absolute atomic E-state index is 5.85. The Kier molecular flexibility index (Phi) is 9.25. The Bertz CT molecular complexity index is 327. The molecule has 1 heterocycles. The van der Waals surface area contributed by atoms with E-state index in [2.05, 4.69) is 43.2 Å². The van der Waals surface area contributed by atoms with Crippen LogP contribution in [0.2, 0.25) is 0 Å². The molecular weight excluding hydrogens is 248 g/mol. The molecule has 0 aliphatic carbocycles. The second-order valence-corrected chi connectivity index (χ2v) is 5.88. The maximum Gasteiger partial charge on any atom is 0.0547 e. The molecular formula is C17H30N2O. The molecule has 0 bridgehead atoms. The molecule has 0 saturated heterocycles. The molecule has 1 aromatic rings. The highest BCUT2D eigenvalue weighted by Crippen LogP contribution is 2.05. The van der Waals surface area contributed by atoms with Crippen LogP contribution in [0, 0.1) is 5.92 Å². The van der Waals surface area contributed by atoms with E-state index in [1.165, 1.54) is 12.0 Å². The van der Waals surface area contributed by atoms with E-state index < -0.39 is 0 Å². The van der Waals surface area contributed by atoms with Crippen LogP contribution in [-0.2, 0) is 11.2 Å². The Labute approximate surface area is 124 Å². The lowest BCUT2D eigenvalue weighted by Crippen LogP contribution is -2.22. The molecule has 0 amide bonds. The van der Waals surface area contributed by atoms with E-state index in [-0.39, 0.29) is 0 Å². The normalized spacial score (nSPS) is 12.8. The summed E-state index contributed by atoms with van der Waals surface area (Å²) in [5.74, 6) is 0.733. The molecule has 1 rings (SSSR count). The number of pyridine rings is 1. The highest BCUT2D eigenvalue weighted by atomic mass is 16.5. The molecule has 3 heteroatoms. The summed E-state index contributed by atoms with van der Waals surface area (Å²) in [6, 6.07) is 4.15. The lowest BCUT2D eigenvalue weighted by atomic mass is 10.1. The Morgan fingerprint density at radius 3 is 2.60 bits per heavy atom. The van der Waals surface area contributed by atoms with Gasteiger partial charge in [0.1, 0.15) is 0 Å². The van der Waals surface area contributed by atoms with Crippen LogP contribution in [0.3, 0.4) is 0 Å². The van der Waals surface area contributed by atoms with Gasteiger partial charge in [0.25, 0.3) is 0 Å². The highest BCUT2D eigenvalue weighted by molar-refractivity contribution is 5.09. The Morgan fingerprint density at radius 1 is 1.15 bits per heavy atom. The summed E-state index contributed by atoms with van der Waals surface area (Å²) in [5.41, 5.74) is 1.34. The summed E-state index contributed by atoms with van der Waals surface area (Å²) >= 11 is 0. The third-order valence-electron chi connectivity index (χ3n) is 3.28. The quantitative estimate of drug-likeness (QED) is 0.630. The first kappa shape index (κ1) is 17.1. The van der Waals surface area contributed by atoms with Crippen molar-refractivity contribution in [3.8, 4) is 0 Å². The van der Waals surface area contributed by atoms with E-state index in [1.54, 1.807) is 0 Å². The molecule has 20 heavy (non-hydrogen) atoms. The topological polar surface area (TPSA) is 34.1 Å². The van der Waals surface area contributed by atoms with Crippen LogP contribution in [0.15, 0.2) is 24.5 Å². The third-order valence-corrected chi connectivity index (χ3v) is 3.28. The SMILES string of the molecule is CC(C)CNCCCC(C)OCCCc1ccncc1. The average Bonchev–Trinajstić information content (AvgIpc) is 2.44. The fraction of sp³-hybridized carbons (Fsp3) is 0.706. The van der Waals surface area contributed by atoms with E-state index in [0.717, 1.165) is 44.9 Å². The standard InChI is InChI=1S/C17H30N2O/c1-15(2)14-19-10-4-6-16(3)20-13-5-7-17-8-11-18-12-9-17/h8-9,11-12,15-16,19H,4-7,10,13-14H2,1-3H3. The van der Waals surface area contributed by atoms with Gasteiger partial charge in [0.2, 0.25) is 0 Å². The Hall–Kier alpha value is -0.930. The molecule has 114 valence electrons. The summed E-state index contributed by atoms with van der Waals surface area (Å²) < 4.78 is 5.85. The Balaban J connectivity index is 1.93. The highest BCUT2D eigenvalue weighted by Gasteiger charge is 2.02. The number of rotatable bonds is 11. The van der Waals surface area contributed by atoms with E-state index in [9.17, 15) is 0 Å². The van der Waals surface area contributed by atoms with Crippen molar-refractivity contribution in [2.75, 3.05) is 19.7 Å². The van der Waals surface area contributed by atoms with Gasteiger partial charge >= 0.3 is 0 Å². The van der Waals surface area contributed by atoms with Crippen molar-refractivity contribution in [2.45, 2.75) is 52.6 Å². The fourth-order valence-corrected chi connectivity index (χ4v) is 2.10. The van der Waals surface area contributed by atoms with Crippen molar-refractivity contribution in [1.82, 2.24) is 10.3 Å². The lowest BCUT2D eigenvalue weighted by Gasteiger charge is -2.13. The predicted molar refractivity (Wildman–Crippen MR) is 84.9 cm³/mol. The van der Waals surface area contributed by atoms with E-state index in [1.807, 2.05) is 12.4 Å². The average molecular weight is 278 g/mol. The van der Waals surface area contributed by atoms with Crippen molar-refractivity contribution in [3.05, 3.63) is 30.1 Å². The largest absolute Gasteiger partial charge is 0.378 e. The summed E-state index contributed by atoms with van der Waals surface area (Å²) in [4.78, 5) is 4.02. The first-order valence-electron chi connectivity index (χ1n) is 7.89. The number of nitrogens with zero attached hydrogens (tertiary/aromatic N) is 1. The van der Waals surface area contributed by atoms with Crippen LogP contribution in [-0.4, -0.2) is 30.8 Å². The summed E-state index contributed by atoms with van der Waals surface area (Å²) in [7, 11) is 0. The molecule has 1 N–H and O–H groups in total. The number of nitrogens with one attached hydrogen (secondary N) is 1. The molecule has 0 saturated carbocycles. The van der Waals surface area contributed by atoms with Crippen LogP contribution in [0.25, 0.3) is 0 Å². The molecule has 0 aliphatic heterocycles. The van der Waals surface area contributed by atoms with Gasteiger partial charge in [0.05, 0.1) is 6.10 Å².